The van der Waals surface area contributed by atoms with Gasteiger partial charge in [0.1, 0.15) is 0 Å². The first-order valence-electron chi connectivity index (χ1n) is 5.59. The van der Waals surface area contributed by atoms with Crippen LogP contribution in [0.25, 0.3) is 0 Å². The standard InChI is InChI=1S/C14H15NO2S/c1-10-6-7-14(8-11(10)2)18(16,17)13-5-3-4-12(15)9-13/h3-9H,15H2,1-2H3. The smallest absolute Gasteiger partial charge is 0.206 e. The molecule has 2 rings (SSSR count). The Bertz CT molecular complexity index is 691. The third-order valence-electron chi connectivity index (χ3n) is 2.96. The number of sulfone groups is 1. The summed E-state index contributed by atoms with van der Waals surface area (Å²) in [6, 6.07) is 11.5. The van der Waals surface area contributed by atoms with Crippen LogP contribution in [-0.2, 0) is 9.84 Å². The fourth-order valence-corrected chi connectivity index (χ4v) is 3.10. The molecule has 2 aromatic carbocycles. The Labute approximate surface area is 107 Å². The predicted molar refractivity (Wildman–Crippen MR) is 72.2 cm³/mol. The van der Waals surface area contributed by atoms with Gasteiger partial charge >= 0.3 is 0 Å². The first kappa shape index (κ1) is 12.6. The summed E-state index contributed by atoms with van der Waals surface area (Å²) in [5.41, 5.74) is 8.10. The largest absolute Gasteiger partial charge is 0.399 e. The van der Waals surface area contributed by atoms with Crippen molar-refractivity contribution in [3.63, 3.8) is 0 Å². The molecule has 4 heteroatoms. The van der Waals surface area contributed by atoms with Gasteiger partial charge in [0, 0.05) is 5.69 Å². The number of nitrogen functional groups attached to an aromatic ring is 1. The van der Waals surface area contributed by atoms with E-state index < -0.39 is 9.84 Å². The van der Waals surface area contributed by atoms with E-state index in [1.54, 1.807) is 30.3 Å². The predicted octanol–water partition coefficient (Wildman–Crippen LogP) is 2.72. The lowest BCUT2D eigenvalue weighted by atomic mass is 10.1. The van der Waals surface area contributed by atoms with Gasteiger partial charge in [0.2, 0.25) is 9.84 Å². The molecular weight excluding hydrogens is 246 g/mol. The molecule has 0 heterocycles. The van der Waals surface area contributed by atoms with Crippen molar-refractivity contribution in [2.24, 2.45) is 0 Å². The summed E-state index contributed by atoms with van der Waals surface area (Å²) < 4.78 is 24.8. The average molecular weight is 261 g/mol. The van der Waals surface area contributed by atoms with E-state index >= 15 is 0 Å². The van der Waals surface area contributed by atoms with Crippen LogP contribution in [0, 0.1) is 13.8 Å². The number of nitrogens with two attached hydrogens (primary N) is 1. The molecule has 0 fully saturated rings. The second kappa shape index (κ2) is 4.46. The zero-order chi connectivity index (χ0) is 13.3. The van der Waals surface area contributed by atoms with Gasteiger partial charge in [-0.25, -0.2) is 8.42 Å². The average Bonchev–Trinajstić information content (AvgIpc) is 2.32. The van der Waals surface area contributed by atoms with Crippen molar-refractivity contribution in [1.29, 1.82) is 0 Å². The number of aryl methyl sites for hydroxylation is 2. The Morgan fingerprint density at radius 3 is 2.17 bits per heavy atom. The molecule has 0 unspecified atom stereocenters. The zero-order valence-electron chi connectivity index (χ0n) is 10.3. The number of rotatable bonds is 2. The molecular formula is C14H15NO2S. The maximum Gasteiger partial charge on any atom is 0.206 e. The Balaban J connectivity index is 2.58. The van der Waals surface area contributed by atoms with Crippen LogP contribution < -0.4 is 5.73 Å². The van der Waals surface area contributed by atoms with Gasteiger partial charge < -0.3 is 5.73 Å². The van der Waals surface area contributed by atoms with Crippen molar-refractivity contribution in [3.05, 3.63) is 53.6 Å². The first-order valence-corrected chi connectivity index (χ1v) is 7.07. The van der Waals surface area contributed by atoms with Crippen molar-refractivity contribution in [1.82, 2.24) is 0 Å². The van der Waals surface area contributed by atoms with Gasteiger partial charge in [-0.1, -0.05) is 12.1 Å². The number of hydrogen-bond acceptors (Lipinski definition) is 3. The van der Waals surface area contributed by atoms with Gasteiger partial charge in [0.05, 0.1) is 9.79 Å². The summed E-state index contributed by atoms with van der Waals surface area (Å²) in [5.74, 6) is 0. The van der Waals surface area contributed by atoms with Crippen LogP contribution in [0.15, 0.2) is 52.3 Å². The normalized spacial score (nSPS) is 11.4. The SMILES string of the molecule is Cc1ccc(S(=O)(=O)c2cccc(N)c2)cc1C. The molecule has 0 aliphatic heterocycles. The minimum atomic E-state index is -3.48. The maximum absolute atomic E-state index is 12.4. The molecule has 0 bridgehead atoms. The molecule has 0 radical (unpaired) electrons. The summed E-state index contributed by atoms with van der Waals surface area (Å²) >= 11 is 0. The van der Waals surface area contributed by atoms with Crippen LogP contribution in [0.4, 0.5) is 5.69 Å². The zero-order valence-corrected chi connectivity index (χ0v) is 11.2. The molecule has 0 aliphatic carbocycles. The van der Waals surface area contributed by atoms with Crippen molar-refractivity contribution >= 4 is 15.5 Å². The molecule has 0 saturated heterocycles. The van der Waals surface area contributed by atoms with Crippen LogP contribution >= 0.6 is 0 Å². The highest BCUT2D eigenvalue weighted by Gasteiger charge is 2.18. The summed E-state index contributed by atoms with van der Waals surface area (Å²) in [6.45, 7) is 3.85. The lowest BCUT2D eigenvalue weighted by Gasteiger charge is -2.07. The van der Waals surface area contributed by atoms with Gasteiger partial charge in [0.25, 0.3) is 0 Å². The third-order valence-corrected chi connectivity index (χ3v) is 4.71. The Kier molecular flexibility index (Phi) is 3.13. The van der Waals surface area contributed by atoms with Gasteiger partial charge in [-0.3, -0.25) is 0 Å². The molecule has 3 nitrogen and oxygen atoms in total. The van der Waals surface area contributed by atoms with E-state index in [-0.39, 0.29) is 4.90 Å². The van der Waals surface area contributed by atoms with Gasteiger partial charge in [-0.15, -0.1) is 0 Å². The summed E-state index contributed by atoms with van der Waals surface area (Å²) in [6.07, 6.45) is 0. The van der Waals surface area contributed by atoms with Gasteiger partial charge in [-0.05, 0) is 55.3 Å². The minimum Gasteiger partial charge on any atom is -0.399 e. The van der Waals surface area contributed by atoms with E-state index in [0.717, 1.165) is 11.1 Å². The van der Waals surface area contributed by atoms with Crippen molar-refractivity contribution < 1.29 is 8.42 Å². The molecule has 0 aromatic heterocycles. The first-order chi connectivity index (χ1) is 8.41. The lowest BCUT2D eigenvalue weighted by molar-refractivity contribution is 0.596. The van der Waals surface area contributed by atoms with E-state index in [9.17, 15) is 8.42 Å². The summed E-state index contributed by atoms with van der Waals surface area (Å²) in [4.78, 5) is 0.530. The molecule has 0 atom stereocenters. The highest BCUT2D eigenvalue weighted by molar-refractivity contribution is 7.91. The van der Waals surface area contributed by atoms with Crippen LogP contribution in [0.5, 0.6) is 0 Å². The molecule has 18 heavy (non-hydrogen) atoms. The van der Waals surface area contributed by atoms with E-state index in [1.807, 2.05) is 19.9 Å². The second-order valence-electron chi connectivity index (χ2n) is 4.32. The van der Waals surface area contributed by atoms with Crippen molar-refractivity contribution in [2.45, 2.75) is 23.6 Å². The molecule has 0 spiro atoms. The highest BCUT2D eigenvalue weighted by Crippen LogP contribution is 2.24. The Hall–Kier alpha value is -1.81. The third kappa shape index (κ3) is 2.24. The van der Waals surface area contributed by atoms with Crippen molar-refractivity contribution in [2.75, 3.05) is 5.73 Å². The second-order valence-corrected chi connectivity index (χ2v) is 6.27. The van der Waals surface area contributed by atoms with Crippen LogP contribution in [-0.4, -0.2) is 8.42 Å². The summed E-state index contributed by atoms with van der Waals surface area (Å²) in [5, 5.41) is 0. The van der Waals surface area contributed by atoms with E-state index in [1.165, 1.54) is 6.07 Å². The minimum absolute atomic E-state index is 0.228. The topological polar surface area (TPSA) is 60.2 Å². The van der Waals surface area contributed by atoms with E-state index in [2.05, 4.69) is 0 Å². The fraction of sp³-hybridized carbons (Fsp3) is 0.143. The van der Waals surface area contributed by atoms with Crippen LogP contribution in [0.3, 0.4) is 0 Å². The molecule has 0 saturated carbocycles. The quantitative estimate of drug-likeness (QED) is 0.845. The maximum atomic E-state index is 12.4. The van der Waals surface area contributed by atoms with Crippen LogP contribution in [0.2, 0.25) is 0 Å². The van der Waals surface area contributed by atoms with Crippen LogP contribution in [0.1, 0.15) is 11.1 Å². The van der Waals surface area contributed by atoms with E-state index in [4.69, 9.17) is 5.73 Å². The molecule has 2 N–H and O–H groups in total. The molecule has 94 valence electrons. The molecule has 0 amide bonds. The number of benzene rings is 2. The van der Waals surface area contributed by atoms with Gasteiger partial charge in [-0.2, -0.15) is 0 Å². The van der Waals surface area contributed by atoms with Gasteiger partial charge in [0.15, 0.2) is 0 Å². The molecule has 0 aliphatic rings. The van der Waals surface area contributed by atoms with Crippen molar-refractivity contribution in [3.8, 4) is 0 Å². The Morgan fingerprint density at radius 2 is 1.56 bits per heavy atom. The number of anilines is 1. The highest BCUT2D eigenvalue weighted by atomic mass is 32.2. The Morgan fingerprint density at radius 1 is 0.889 bits per heavy atom. The fourth-order valence-electron chi connectivity index (χ4n) is 1.70. The van der Waals surface area contributed by atoms with E-state index in [0.29, 0.717) is 10.6 Å². The monoisotopic (exact) mass is 261 g/mol. The molecule has 2 aromatic rings. The lowest BCUT2D eigenvalue weighted by Crippen LogP contribution is -2.03. The number of hydrogen-bond donors (Lipinski definition) is 1. The summed E-state index contributed by atoms with van der Waals surface area (Å²) in [7, 11) is -3.48.